The summed E-state index contributed by atoms with van der Waals surface area (Å²) in [5.74, 6) is 2.39. The van der Waals surface area contributed by atoms with E-state index in [0.717, 1.165) is 22.7 Å². The van der Waals surface area contributed by atoms with Crippen LogP contribution in [-0.4, -0.2) is 17.0 Å². The van der Waals surface area contributed by atoms with E-state index in [1.807, 2.05) is 30.3 Å². The Kier molecular flexibility index (Phi) is 3.51. The lowest BCUT2D eigenvalue weighted by Crippen LogP contribution is -1.99. The number of hydrogen-bond donors (Lipinski definition) is 1. The fourth-order valence-corrected chi connectivity index (χ4v) is 2.44. The van der Waals surface area contributed by atoms with Crippen LogP contribution < -0.4 is 14.8 Å². The summed E-state index contributed by atoms with van der Waals surface area (Å²) in [5, 5.41) is 11.9. The van der Waals surface area contributed by atoms with Crippen LogP contribution in [0.15, 0.2) is 46.9 Å². The zero-order chi connectivity index (χ0) is 15.6. The third kappa shape index (κ3) is 2.93. The number of halogens is 1. The summed E-state index contributed by atoms with van der Waals surface area (Å²) in [6.07, 6.45) is 0. The van der Waals surface area contributed by atoms with Crippen molar-refractivity contribution < 1.29 is 13.9 Å². The van der Waals surface area contributed by atoms with Crippen LogP contribution >= 0.6 is 11.6 Å². The molecule has 0 amide bonds. The summed E-state index contributed by atoms with van der Waals surface area (Å²) in [6, 6.07) is 12.9. The minimum absolute atomic E-state index is 0.255. The normalized spacial score (nSPS) is 12.4. The summed E-state index contributed by atoms with van der Waals surface area (Å²) in [7, 11) is 0. The molecule has 0 bridgehead atoms. The van der Waals surface area contributed by atoms with Gasteiger partial charge in [0.15, 0.2) is 11.5 Å². The van der Waals surface area contributed by atoms with Gasteiger partial charge in [0, 0.05) is 22.3 Å². The molecule has 1 N–H and O–H groups in total. The highest BCUT2D eigenvalue weighted by molar-refractivity contribution is 6.30. The van der Waals surface area contributed by atoms with Crippen LogP contribution in [-0.2, 0) is 6.54 Å². The maximum atomic E-state index is 5.96. The van der Waals surface area contributed by atoms with Crippen molar-refractivity contribution in [2.24, 2.45) is 0 Å². The largest absolute Gasteiger partial charge is 0.454 e. The monoisotopic (exact) mass is 329 g/mol. The molecule has 2 aromatic carbocycles. The SMILES string of the molecule is Clc1cccc(-c2nnc(CNc3ccc4c(c3)OCO4)o2)c1. The molecule has 0 spiro atoms. The Balaban J connectivity index is 1.46. The highest BCUT2D eigenvalue weighted by Crippen LogP contribution is 2.34. The van der Waals surface area contributed by atoms with Gasteiger partial charge < -0.3 is 19.2 Å². The lowest BCUT2D eigenvalue weighted by Gasteiger charge is -2.04. The van der Waals surface area contributed by atoms with E-state index >= 15 is 0 Å². The highest BCUT2D eigenvalue weighted by atomic mass is 35.5. The van der Waals surface area contributed by atoms with Crippen LogP contribution in [0, 0.1) is 0 Å². The smallest absolute Gasteiger partial charge is 0.247 e. The molecular formula is C16H12ClN3O3. The molecular weight excluding hydrogens is 318 g/mol. The maximum absolute atomic E-state index is 5.96. The maximum Gasteiger partial charge on any atom is 0.247 e. The highest BCUT2D eigenvalue weighted by Gasteiger charge is 2.14. The summed E-state index contributed by atoms with van der Waals surface area (Å²) in [5.41, 5.74) is 1.68. The van der Waals surface area contributed by atoms with E-state index in [-0.39, 0.29) is 6.79 Å². The molecule has 1 aromatic heterocycles. The van der Waals surface area contributed by atoms with E-state index in [2.05, 4.69) is 15.5 Å². The minimum Gasteiger partial charge on any atom is -0.454 e. The standard InChI is InChI=1S/C16H12ClN3O3/c17-11-3-1-2-10(6-11)16-20-19-15(23-16)8-18-12-4-5-13-14(7-12)22-9-21-13/h1-7,18H,8-9H2. The first-order valence-electron chi connectivity index (χ1n) is 7.00. The van der Waals surface area contributed by atoms with Crippen molar-refractivity contribution in [2.75, 3.05) is 12.1 Å². The minimum atomic E-state index is 0.255. The summed E-state index contributed by atoms with van der Waals surface area (Å²) in [4.78, 5) is 0. The van der Waals surface area contributed by atoms with Gasteiger partial charge in [-0.25, -0.2) is 0 Å². The Labute approximate surface area is 137 Å². The van der Waals surface area contributed by atoms with E-state index in [4.69, 9.17) is 25.5 Å². The second-order valence-electron chi connectivity index (χ2n) is 4.93. The lowest BCUT2D eigenvalue weighted by atomic mass is 10.2. The predicted octanol–water partition coefficient (Wildman–Crippen LogP) is 3.73. The first-order chi connectivity index (χ1) is 11.3. The Hall–Kier alpha value is -2.73. The quantitative estimate of drug-likeness (QED) is 0.786. The van der Waals surface area contributed by atoms with Crippen molar-refractivity contribution in [2.45, 2.75) is 6.54 Å². The number of ether oxygens (including phenoxy) is 2. The molecule has 0 atom stereocenters. The average molecular weight is 330 g/mol. The zero-order valence-corrected chi connectivity index (χ0v) is 12.7. The van der Waals surface area contributed by atoms with Gasteiger partial charge in [-0.1, -0.05) is 17.7 Å². The van der Waals surface area contributed by atoms with Gasteiger partial charge >= 0.3 is 0 Å². The van der Waals surface area contributed by atoms with Crippen molar-refractivity contribution in [3.8, 4) is 23.0 Å². The van der Waals surface area contributed by atoms with E-state index in [9.17, 15) is 0 Å². The van der Waals surface area contributed by atoms with Crippen LogP contribution in [0.3, 0.4) is 0 Å². The molecule has 2 heterocycles. The summed E-state index contributed by atoms with van der Waals surface area (Å²) >= 11 is 5.96. The number of hydrogen-bond acceptors (Lipinski definition) is 6. The van der Waals surface area contributed by atoms with Crippen molar-refractivity contribution >= 4 is 17.3 Å². The predicted molar refractivity (Wildman–Crippen MR) is 84.6 cm³/mol. The molecule has 1 aliphatic heterocycles. The van der Waals surface area contributed by atoms with Crippen LogP contribution in [0.25, 0.3) is 11.5 Å². The van der Waals surface area contributed by atoms with Crippen LogP contribution in [0.2, 0.25) is 5.02 Å². The third-order valence-corrected chi connectivity index (χ3v) is 3.59. The van der Waals surface area contributed by atoms with E-state index in [1.165, 1.54) is 0 Å². The molecule has 0 radical (unpaired) electrons. The van der Waals surface area contributed by atoms with Gasteiger partial charge in [0.05, 0.1) is 6.54 Å². The number of benzene rings is 2. The molecule has 0 aliphatic carbocycles. The third-order valence-electron chi connectivity index (χ3n) is 3.35. The molecule has 6 nitrogen and oxygen atoms in total. The van der Waals surface area contributed by atoms with Gasteiger partial charge in [0.1, 0.15) is 0 Å². The van der Waals surface area contributed by atoms with Crippen molar-refractivity contribution in [1.82, 2.24) is 10.2 Å². The molecule has 23 heavy (non-hydrogen) atoms. The average Bonchev–Trinajstić information content (AvgIpc) is 3.21. The number of fused-ring (bicyclic) bond motifs is 1. The van der Waals surface area contributed by atoms with Gasteiger partial charge in [-0.3, -0.25) is 0 Å². The zero-order valence-electron chi connectivity index (χ0n) is 12.0. The van der Waals surface area contributed by atoms with Crippen LogP contribution in [0.5, 0.6) is 11.5 Å². The van der Waals surface area contributed by atoms with Crippen molar-refractivity contribution in [1.29, 1.82) is 0 Å². The Morgan fingerprint density at radius 2 is 1.96 bits per heavy atom. The Morgan fingerprint density at radius 3 is 2.87 bits per heavy atom. The molecule has 1 aliphatic rings. The molecule has 0 unspecified atom stereocenters. The van der Waals surface area contributed by atoms with E-state index in [0.29, 0.717) is 23.3 Å². The van der Waals surface area contributed by atoms with Crippen LogP contribution in [0.1, 0.15) is 5.89 Å². The first-order valence-corrected chi connectivity index (χ1v) is 7.37. The second kappa shape index (κ2) is 5.81. The Bertz CT molecular complexity index is 850. The molecule has 0 fully saturated rings. The van der Waals surface area contributed by atoms with Crippen molar-refractivity contribution in [3.63, 3.8) is 0 Å². The molecule has 0 saturated carbocycles. The van der Waals surface area contributed by atoms with Gasteiger partial charge in [-0.05, 0) is 30.3 Å². The number of nitrogens with one attached hydrogen (secondary N) is 1. The van der Waals surface area contributed by atoms with Gasteiger partial charge in [-0.15, -0.1) is 10.2 Å². The molecule has 4 rings (SSSR count). The fourth-order valence-electron chi connectivity index (χ4n) is 2.25. The van der Waals surface area contributed by atoms with Gasteiger partial charge in [-0.2, -0.15) is 0 Å². The second-order valence-corrected chi connectivity index (χ2v) is 5.37. The fraction of sp³-hybridized carbons (Fsp3) is 0.125. The number of aromatic nitrogens is 2. The molecule has 3 aromatic rings. The topological polar surface area (TPSA) is 69.4 Å². The van der Waals surface area contributed by atoms with Crippen LogP contribution in [0.4, 0.5) is 5.69 Å². The van der Waals surface area contributed by atoms with E-state index in [1.54, 1.807) is 12.1 Å². The van der Waals surface area contributed by atoms with Gasteiger partial charge in [0.2, 0.25) is 18.6 Å². The lowest BCUT2D eigenvalue weighted by molar-refractivity contribution is 0.174. The number of nitrogens with zero attached hydrogens (tertiary/aromatic N) is 2. The van der Waals surface area contributed by atoms with E-state index < -0.39 is 0 Å². The number of rotatable bonds is 4. The summed E-state index contributed by atoms with van der Waals surface area (Å²) in [6.45, 7) is 0.665. The molecule has 7 heteroatoms. The molecule has 0 saturated heterocycles. The number of anilines is 1. The summed E-state index contributed by atoms with van der Waals surface area (Å²) < 4.78 is 16.3. The molecule has 116 valence electrons. The Morgan fingerprint density at radius 1 is 1.04 bits per heavy atom. The van der Waals surface area contributed by atoms with Crippen molar-refractivity contribution in [3.05, 3.63) is 53.4 Å². The van der Waals surface area contributed by atoms with Gasteiger partial charge in [0.25, 0.3) is 0 Å². The first kappa shape index (κ1) is 13.9.